The predicted molar refractivity (Wildman–Crippen MR) is 118 cm³/mol. The smallest absolute Gasteiger partial charge is 0.322 e. The van der Waals surface area contributed by atoms with Crippen molar-refractivity contribution >= 4 is 44.7 Å². The van der Waals surface area contributed by atoms with Gasteiger partial charge in [0.1, 0.15) is 10.5 Å². The molecule has 5 nitrogen and oxygen atoms in total. The summed E-state index contributed by atoms with van der Waals surface area (Å²) in [4.78, 5) is 29.2. The number of halogens is 3. The van der Waals surface area contributed by atoms with Gasteiger partial charge in [-0.15, -0.1) is 11.3 Å². The molecule has 2 amide bonds. The van der Waals surface area contributed by atoms with Crippen molar-refractivity contribution in [2.45, 2.75) is 13.1 Å². The average molecular weight is 455 g/mol. The number of anilines is 2. The maximum Gasteiger partial charge on any atom is 0.433 e. The molecule has 0 atom stereocenters. The minimum absolute atomic E-state index is 0.145. The van der Waals surface area contributed by atoms with Crippen molar-refractivity contribution in [2.75, 3.05) is 10.6 Å². The van der Waals surface area contributed by atoms with Crippen LogP contribution >= 0.6 is 11.3 Å². The molecule has 2 N–H and O–H groups in total. The van der Waals surface area contributed by atoms with E-state index in [2.05, 4.69) is 15.6 Å². The number of hydrogen-bond donors (Lipinski definition) is 2. The molecule has 2 aromatic heterocycles. The Morgan fingerprint density at radius 1 is 0.875 bits per heavy atom. The first-order valence-electron chi connectivity index (χ1n) is 9.47. The lowest BCUT2D eigenvalue weighted by Crippen LogP contribution is -2.13. The van der Waals surface area contributed by atoms with E-state index in [1.165, 1.54) is 6.07 Å². The number of hydrogen-bond acceptors (Lipinski definition) is 4. The Morgan fingerprint density at radius 2 is 1.53 bits per heavy atom. The number of fused-ring (bicyclic) bond motifs is 1. The Morgan fingerprint density at radius 3 is 2.19 bits per heavy atom. The highest BCUT2D eigenvalue weighted by molar-refractivity contribution is 7.20. The second-order valence-corrected chi connectivity index (χ2v) is 7.96. The van der Waals surface area contributed by atoms with Crippen LogP contribution in [0.4, 0.5) is 24.5 Å². The topological polar surface area (TPSA) is 71.1 Å². The lowest BCUT2D eigenvalue weighted by atomic mass is 10.1. The van der Waals surface area contributed by atoms with Gasteiger partial charge in [0.05, 0.1) is 4.88 Å². The highest BCUT2D eigenvalue weighted by atomic mass is 32.1. The molecule has 0 unspecified atom stereocenters. The third-order valence-corrected chi connectivity index (χ3v) is 5.91. The molecule has 0 aliphatic heterocycles. The van der Waals surface area contributed by atoms with Crippen LogP contribution in [0.5, 0.6) is 0 Å². The van der Waals surface area contributed by atoms with Gasteiger partial charge in [-0.1, -0.05) is 24.3 Å². The standard InChI is InChI=1S/C23H16F3N3O2S/c1-13-17-10-11-18(23(24,25)26)29-22(17)32-19(13)21(31)28-16-9-5-8-15(12-16)27-20(30)14-6-3-2-4-7-14/h2-12H,1H3,(H,27,30)(H,28,31). The van der Waals surface area contributed by atoms with Gasteiger partial charge in [0.15, 0.2) is 0 Å². The van der Waals surface area contributed by atoms with Gasteiger partial charge in [0.25, 0.3) is 11.8 Å². The van der Waals surface area contributed by atoms with E-state index in [4.69, 9.17) is 0 Å². The monoisotopic (exact) mass is 455 g/mol. The molecule has 32 heavy (non-hydrogen) atoms. The molecule has 0 aliphatic rings. The molecule has 162 valence electrons. The van der Waals surface area contributed by atoms with E-state index in [0.717, 1.165) is 17.4 Å². The lowest BCUT2D eigenvalue weighted by Gasteiger charge is -2.09. The van der Waals surface area contributed by atoms with Crippen molar-refractivity contribution in [1.29, 1.82) is 0 Å². The number of benzene rings is 2. The van der Waals surface area contributed by atoms with Crippen LogP contribution < -0.4 is 10.6 Å². The van der Waals surface area contributed by atoms with Crippen molar-refractivity contribution in [3.8, 4) is 0 Å². The number of amides is 2. The molecule has 0 radical (unpaired) electrons. The van der Waals surface area contributed by atoms with Crippen molar-refractivity contribution in [1.82, 2.24) is 4.98 Å². The summed E-state index contributed by atoms with van der Waals surface area (Å²) in [5, 5.41) is 5.99. The number of carbonyl (C=O) groups excluding carboxylic acids is 2. The Bertz CT molecular complexity index is 1320. The summed E-state index contributed by atoms with van der Waals surface area (Å²) in [7, 11) is 0. The Hall–Kier alpha value is -3.72. The summed E-state index contributed by atoms with van der Waals surface area (Å²) < 4.78 is 38.8. The molecule has 9 heteroatoms. The maximum absolute atomic E-state index is 12.9. The molecule has 0 aliphatic carbocycles. The van der Waals surface area contributed by atoms with Gasteiger partial charge in [-0.3, -0.25) is 9.59 Å². The quantitative estimate of drug-likeness (QED) is 0.389. The van der Waals surface area contributed by atoms with E-state index >= 15 is 0 Å². The van der Waals surface area contributed by atoms with Gasteiger partial charge < -0.3 is 10.6 Å². The van der Waals surface area contributed by atoms with Gasteiger partial charge >= 0.3 is 6.18 Å². The minimum atomic E-state index is -4.56. The molecule has 0 fully saturated rings. The van der Waals surface area contributed by atoms with Crippen LogP contribution in [-0.4, -0.2) is 16.8 Å². The zero-order valence-electron chi connectivity index (χ0n) is 16.7. The molecule has 0 bridgehead atoms. The van der Waals surface area contributed by atoms with Crippen molar-refractivity contribution in [3.05, 3.63) is 88.4 Å². The Balaban J connectivity index is 1.54. The first-order chi connectivity index (χ1) is 15.2. The zero-order chi connectivity index (χ0) is 22.9. The third-order valence-electron chi connectivity index (χ3n) is 4.71. The van der Waals surface area contributed by atoms with Crippen molar-refractivity contribution < 1.29 is 22.8 Å². The molecule has 0 spiro atoms. The molecular formula is C23H16F3N3O2S. The summed E-state index contributed by atoms with van der Waals surface area (Å²) in [5.41, 5.74) is 0.966. The van der Waals surface area contributed by atoms with E-state index in [1.807, 2.05) is 6.07 Å². The molecule has 2 heterocycles. The van der Waals surface area contributed by atoms with Gasteiger partial charge in [-0.05, 0) is 55.0 Å². The number of alkyl halides is 3. The summed E-state index contributed by atoms with van der Waals surface area (Å²) in [5.74, 6) is -0.758. The van der Waals surface area contributed by atoms with E-state index in [1.54, 1.807) is 55.5 Å². The van der Waals surface area contributed by atoms with Gasteiger partial charge in [-0.2, -0.15) is 13.2 Å². The second-order valence-electron chi connectivity index (χ2n) is 6.96. The number of thiophene rings is 1. The molecule has 4 aromatic rings. The van der Waals surface area contributed by atoms with Crippen molar-refractivity contribution in [2.24, 2.45) is 0 Å². The van der Waals surface area contributed by atoms with Crippen LogP contribution in [0.1, 0.15) is 31.3 Å². The van der Waals surface area contributed by atoms with Crippen molar-refractivity contribution in [3.63, 3.8) is 0 Å². The first-order valence-corrected chi connectivity index (χ1v) is 10.3. The number of nitrogens with zero attached hydrogens (tertiary/aromatic N) is 1. The Kier molecular flexibility index (Phi) is 5.67. The fraction of sp³-hybridized carbons (Fsp3) is 0.0870. The van der Waals surface area contributed by atoms with Crippen LogP contribution in [0.25, 0.3) is 10.2 Å². The van der Waals surface area contributed by atoms with Crippen LogP contribution in [0.3, 0.4) is 0 Å². The SMILES string of the molecule is Cc1c(C(=O)Nc2cccc(NC(=O)c3ccccc3)c2)sc2nc(C(F)(F)F)ccc12. The number of rotatable bonds is 4. The predicted octanol–water partition coefficient (Wildman–Crippen LogP) is 6.13. The molecule has 4 rings (SSSR count). The fourth-order valence-corrected chi connectivity index (χ4v) is 4.20. The van der Waals surface area contributed by atoms with E-state index in [-0.39, 0.29) is 15.6 Å². The van der Waals surface area contributed by atoms with E-state index < -0.39 is 17.8 Å². The fourth-order valence-electron chi connectivity index (χ4n) is 3.13. The van der Waals surface area contributed by atoms with E-state index in [9.17, 15) is 22.8 Å². The number of aromatic nitrogens is 1. The van der Waals surface area contributed by atoms with Crippen LogP contribution in [0, 0.1) is 6.92 Å². The van der Waals surface area contributed by atoms with Crippen LogP contribution in [0.15, 0.2) is 66.7 Å². The molecule has 0 saturated carbocycles. The normalized spacial score (nSPS) is 11.4. The summed E-state index contributed by atoms with van der Waals surface area (Å²) >= 11 is 0.901. The minimum Gasteiger partial charge on any atom is -0.322 e. The zero-order valence-corrected chi connectivity index (χ0v) is 17.5. The number of carbonyl (C=O) groups is 2. The first kappa shape index (κ1) is 21.5. The summed E-state index contributed by atoms with van der Waals surface area (Å²) in [6.07, 6.45) is -4.56. The van der Waals surface area contributed by atoms with Gasteiger partial charge in [-0.25, -0.2) is 4.98 Å². The van der Waals surface area contributed by atoms with E-state index in [0.29, 0.717) is 27.9 Å². The molecule has 2 aromatic carbocycles. The highest BCUT2D eigenvalue weighted by Crippen LogP contribution is 2.34. The average Bonchev–Trinajstić information content (AvgIpc) is 3.10. The third kappa shape index (κ3) is 4.47. The molecule has 0 saturated heterocycles. The van der Waals surface area contributed by atoms with Crippen LogP contribution in [-0.2, 0) is 6.18 Å². The van der Waals surface area contributed by atoms with Gasteiger partial charge in [0.2, 0.25) is 0 Å². The molecular weight excluding hydrogens is 439 g/mol. The van der Waals surface area contributed by atoms with Gasteiger partial charge in [0, 0.05) is 22.3 Å². The second kappa shape index (κ2) is 8.43. The maximum atomic E-state index is 12.9. The van der Waals surface area contributed by atoms with Crippen LogP contribution in [0.2, 0.25) is 0 Å². The Labute approximate surface area is 184 Å². The lowest BCUT2D eigenvalue weighted by molar-refractivity contribution is -0.140. The number of nitrogens with one attached hydrogen (secondary N) is 2. The number of pyridine rings is 1. The summed E-state index contributed by atoms with van der Waals surface area (Å²) in [6.45, 7) is 1.67. The number of aryl methyl sites for hydroxylation is 1. The largest absolute Gasteiger partial charge is 0.433 e. The highest BCUT2D eigenvalue weighted by Gasteiger charge is 2.33. The summed E-state index contributed by atoms with van der Waals surface area (Å²) in [6, 6.07) is 17.5.